The average molecular weight is 298 g/mol. The van der Waals surface area contributed by atoms with Crippen molar-refractivity contribution in [3.05, 3.63) is 33.3 Å². The summed E-state index contributed by atoms with van der Waals surface area (Å²) in [6.07, 6.45) is 0.911. The summed E-state index contributed by atoms with van der Waals surface area (Å²) in [6.45, 7) is 3.61. The van der Waals surface area contributed by atoms with Crippen molar-refractivity contribution in [1.29, 1.82) is 0 Å². The number of rotatable bonds is 4. The summed E-state index contributed by atoms with van der Waals surface area (Å²) in [5, 5.41) is 14.4. The number of hydrogen-bond acceptors (Lipinski definition) is 4. The van der Waals surface area contributed by atoms with Gasteiger partial charge in [0.05, 0.1) is 4.92 Å². The van der Waals surface area contributed by atoms with Crippen LogP contribution in [-0.2, 0) is 4.79 Å². The Morgan fingerprint density at radius 3 is 2.95 bits per heavy atom. The van der Waals surface area contributed by atoms with E-state index in [0.29, 0.717) is 29.7 Å². The Bertz CT molecular complexity index is 536. The Balaban J connectivity index is 1.98. The number of nitro groups is 1. The molecule has 1 saturated heterocycles. The monoisotopic (exact) mass is 297 g/mol. The van der Waals surface area contributed by atoms with Crippen molar-refractivity contribution < 1.29 is 9.72 Å². The number of carbonyl (C=O) groups excluding carboxylic acids is 1. The molecule has 2 rings (SSSR count). The van der Waals surface area contributed by atoms with Crippen LogP contribution in [0.2, 0.25) is 5.02 Å². The molecule has 1 unspecified atom stereocenters. The van der Waals surface area contributed by atoms with Gasteiger partial charge in [0.15, 0.2) is 0 Å². The van der Waals surface area contributed by atoms with Gasteiger partial charge in [-0.15, -0.1) is 0 Å². The maximum absolute atomic E-state index is 11.2. The summed E-state index contributed by atoms with van der Waals surface area (Å²) in [4.78, 5) is 23.6. The average Bonchev–Trinajstić information content (AvgIpc) is 2.86. The maximum atomic E-state index is 11.2. The quantitative estimate of drug-likeness (QED) is 0.684. The van der Waals surface area contributed by atoms with Crippen molar-refractivity contribution in [1.82, 2.24) is 4.90 Å². The third-order valence-electron chi connectivity index (χ3n) is 3.47. The van der Waals surface area contributed by atoms with Crippen molar-refractivity contribution in [3.8, 4) is 0 Å². The van der Waals surface area contributed by atoms with E-state index in [1.807, 2.05) is 0 Å². The van der Waals surface area contributed by atoms with E-state index in [9.17, 15) is 14.9 Å². The smallest absolute Gasteiger partial charge is 0.293 e. The minimum atomic E-state index is -0.454. The highest BCUT2D eigenvalue weighted by atomic mass is 35.5. The Labute approximate surface area is 121 Å². The molecule has 1 amide bonds. The predicted molar refractivity (Wildman–Crippen MR) is 77.0 cm³/mol. The Kier molecular flexibility index (Phi) is 4.44. The van der Waals surface area contributed by atoms with E-state index in [2.05, 4.69) is 5.32 Å². The molecule has 6 nitrogen and oxygen atoms in total. The molecule has 1 aromatic rings. The number of anilines is 1. The minimum absolute atomic E-state index is 0.0288. The SMILES string of the molecule is CC(=O)N1CCC(CNc2ccc(Cl)cc2[N+](=O)[O-])C1. The second kappa shape index (κ2) is 6.09. The first-order valence-electron chi connectivity index (χ1n) is 6.40. The molecule has 1 atom stereocenters. The normalized spacial score (nSPS) is 18.1. The van der Waals surface area contributed by atoms with Crippen LogP contribution in [0.5, 0.6) is 0 Å². The molecular weight excluding hydrogens is 282 g/mol. The van der Waals surface area contributed by atoms with Crippen molar-refractivity contribution >= 4 is 28.9 Å². The summed E-state index contributed by atoms with van der Waals surface area (Å²) in [5.41, 5.74) is 0.430. The molecular formula is C13H16ClN3O3. The minimum Gasteiger partial charge on any atom is -0.379 e. The molecule has 0 aromatic heterocycles. The number of halogens is 1. The molecule has 7 heteroatoms. The van der Waals surface area contributed by atoms with Crippen molar-refractivity contribution in [2.75, 3.05) is 25.0 Å². The zero-order valence-corrected chi connectivity index (χ0v) is 11.9. The van der Waals surface area contributed by atoms with E-state index in [4.69, 9.17) is 11.6 Å². The molecule has 1 aliphatic heterocycles. The number of amides is 1. The number of nitrogens with zero attached hydrogens (tertiary/aromatic N) is 2. The molecule has 1 aliphatic rings. The number of carbonyl (C=O) groups is 1. The Hall–Kier alpha value is -1.82. The van der Waals surface area contributed by atoms with Crippen LogP contribution < -0.4 is 5.32 Å². The van der Waals surface area contributed by atoms with E-state index in [-0.39, 0.29) is 11.6 Å². The molecule has 1 fully saturated rings. The third-order valence-corrected chi connectivity index (χ3v) is 3.70. The molecule has 0 spiro atoms. The van der Waals surface area contributed by atoms with Gasteiger partial charge in [-0.25, -0.2) is 0 Å². The highest BCUT2D eigenvalue weighted by molar-refractivity contribution is 6.30. The Morgan fingerprint density at radius 1 is 1.60 bits per heavy atom. The van der Waals surface area contributed by atoms with Crippen molar-refractivity contribution in [3.63, 3.8) is 0 Å². The molecule has 108 valence electrons. The van der Waals surface area contributed by atoms with Gasteiger partial charge in [0.25, 0.3) is 5.69 Å². The lowest BCUT2D eigenvalue weighted by Gasteiger charge is -2.15. The van der Waals surface area contributed by atoms with Gasteiger partial charge in [0, 0.05) is 37.6 Å². The molecule has 20 heavy (non-hydrogen) atoms. The van der Waals surface area contributed by atoms with Gasteiger partial charge in [-0.05, 0) is 24.5 Å². The van der Waals surface area contributed by atoms with E-state index >= 15 is 0 Å². The second-order valence-corrected chi connectivity index (χ2v) is 5.36. The fourth-order valence-corrected chi connectivity index (χ4v) is 2.51. The van der Waals surface area contributed by atoms with Crippen LogP contribution in [0.15, 0.2) is 18.2 Å². The predicted octanol–water partition coefficient (Wildman–Crippen LogP) is 2.53. The summed E-state index contributed by atoms with van der Waals surface area (Å²) >= 11 is 5.77. The van der Waals surface area contributed by atoms with Crippen LogP contribution in [-0.4, -0.2) is 35.4 Å². The van der Waals surface area contributed by atoms with E-state index in [1.165, 1.54) is 6.07 Å². The first kappa shape index (κ1) is 14.6. The lowest BCUT2D eigenvalue weighted by atomic mass is 10.1. The lowest BCUT2D eigenvalue weighted by molar-refractivity contribution is -0.383. The Morgan fingerprint density at radius 2 is 2.35 bits per heavy atom. The number of nitro benzene ring substituents is 1. The van der Waals surface area contributed by atoms with Crippen molar-refractivity contribution in [2.24, 2.45) is 5.92 Å². The molecule has 0 bridgehead atoms. The fourth-order valence-electron chi connectivity index (χ4n) is 2.34. The van der Waals surface area contributed by atoms with Gasteiger partial charge in [-0.1, -0.05) is 11.6 Å². The number of likely N-dealkylation sites (tertiary alicyclic amines) is 1. The highest BCUT2D eigenvalue weighted by Gasteiger charge is 2.24. The lowest BCUT2D eigenvalue weighted by Crippen LogP contribution is -2.27. The van der Waals surface area contributed by atoms with E-state index < -0.39 is 4.92 Å². The van der Waals surface area contributed by atoms with Gasteiger partial charge in [0.2, 0.25) is 5.91 Å². The third kappa shape index (κ3) is 3.39. The van der Waals surface area contributed by atoms with E-state index in [0.717, 1.165) is 13.0 Å². The molecule has 1 heterocycles. The van der Waals surface area contributed by atoms with Crippen LogP contribution in [0, 0.1) is 16.0 Å². The van der Waals surface area contributed by atoms with Gasteiger partial charge in [-0.2, -0.15) is 0 Å². The molecule has 1 aromatic carbocycles. The first-order chi connectivity index (χ1) is 9.47. The van der Waals surface area contributed by atoms with Gasteiger partial charge in [-0.3, -0.25) is 14.9 Å². The number of benzene rings is 1. The van der Waals surface area contributed by atoms with Crippen LogP contribution in [0.3, 0.4) is 0 Å². The standard InChI is InChI=1S/C13H16ClN3O3/c1-9(18)16-5-4-10(8-16)7-15-12-3-2-11(14)6-13(12)17(19)20/h2-3,6,10,15H,4-5,7-8H2,1H3. The highest BCUT2D eigenvalue weighted by Crippen LogP contribution is 2.28. The summed E-state index contributed by atoms with van der Waals surface area (Å²) in [6, 6.07) is 4.56. The van der Waals surface area contributed by atoms with Crippen molar-refractivity contribution in [2.45, 2.75) is 13.3 Å². The summed E-state index contributed by atoms with van der Waals surface area (Å²) in [5.74, 6) is 0.388. The zero-order chi connectivity index (χ0) is 14.7. The maximum Gasteiger partial charge on any atom is 0.293 e. The fraction of sp³-hybridized carbons (Fsp3) is 0.462. The van der Waals surface area contributed by atoms with Crippen LogP contribution >= 0.6 is 11.6 Å². The zero-order valence-electron chi connectivity index (χ0n) is 11.1. The van der Waals surface area contributed by atoms with Gasteiger partial charge < -0.3 is 10.2 Å². The largest absolute Gasteiger partial charge is 0.379 e. The molecule has 1 N–H and O–H groups in total. The van der Waals surface area contributed by atoms with Gasteiger partial charge in [0.1, 0.15) is 5.69 Å². The first-order valence-corrected chi connectivity index (χ1v) is 6.78. The number of hydrogen-bond donors (Lipinski definition) is 1. The van der Waals surface area contributed by atoms with E-state index in [1.54, 1.807) is 24.0 Å². The van der Waals surface area contributed by atoms with Crippen LogP contribution in [0.1, 0.15) is 13.3 Å². The summed E-state index contributed by atoms with van der Waals surface area (Å²) < 4.78 is 0. The van der Waals surface area contributed by atoms with Crippen LogP contribution in [0.4, 0.5) is 11.4 Å². The van der Waals surface area contributed by atoms with Crippen LogP contribution in [0.25, 0.3) is 0 Å². The molecule has 0 aliphatic carbocycles. The molecule has 0 radical (unpaired) electrons. The summed E-state index contributed by atoms with van der Waals surface area (Å²) in [7, 11) is 0. The topological polar surface area (TPSA) is 75.5 Å². The van der Waals surface area contributed by atoms with Gasteiger partial charge >= 0.3 is 0 Å². The number of nitrogens with one attached hydrogen (secondary N) is 1. The second-order valence-electron chi connectivity index (χ2n) is 4.92. The molecule has 0 saturated carbocycles.